The predicted molar refractivity (Wildman–Crippen MR) is 70.0 cm³/mol. The van der Waals surface area contributed by atoms with Crippen LogP contribution < -0.4 is 0 Å². The Labute approximate surface area is 107 Å². The van der Waals surface area contributed by atoms with Gasteiger partial charge in [0.15, 0.2) is 0 Å². The summed E-state index contributed by atoms with van der Waals surface area (Å²) < 4.78 is 25.9. The molecule has 0 radical (unpaired) electrons. The van der Waals surface area contributed by atoms with E-state index in [9.17, 15) is 0 Å². The van der Waals surface area contributed by atoms with Gasteiger partial charge in [0.2, 0.25) is 0 Å². The van der Waals surface area contributed by atoms with Crippen molar-refractivity contribution in [1.29, 1.82) is 0 Å². The first-order chi connectivity index (χ1) is 8.26. The molecule has 5 nitrogen and oxygen atoms in total. The third kappa shape index (κ3) is 8.70. The van der Waals surface area contributed by atoms with Crippen LogP contribution in [0.15, 0.2) is 0 Å². The molecule has 0 aromatic heterocycles. The summed E-state index contributed by atoms with van der Waals surface area (Å²) in [6.45, 7) is 9.38. The summed E-state index contributed by atoms with van der Waals surface area (Å²) >= 11 is 0. The molecule has 1 aliphatic rings. The molecule has 1 heterocycles. The molecule has 0 saturated carbocycles. The maximum Gasteiger partial charge on any atom is 0.527 e. The molecule has 1 fully saturated rings. The fourth-order valence-electron chi connectivity index (χ4n) is 0.906. The predicted octanol–water partition coefficient (Wildman–Crippen LogP) is 1.87. The van der Waals surface area contributed by atoms with E-state index < -0.39 is 8.80 Å². The molecule has 1 rings (SSSR count). The summed E-state index contributed by atoms with van der Waals surface area (Å²) in [6.07, 6.45) is 0.633. The minimum absolute atomic E-state index is 0.261. The van der Waals surface area contributed by atoms with Crippen LogP contribution in [0.3, 0.4) is 0 Å². The minimum Gasteiger partial charge on any atom is -0.375 e. The Balaban J connectivity index is 0. The molecule has 0 N–H and O–H groups in total. The lowest BCUT2D eigenvalue weighted by Gasteiger charge is -2.23. The highest BCUT2D eigenvalue weighted by Crippen LogP contribution is 2.11. The van der Waals surface area contributed by atoms with Crippen molar-refractivity contribution < 1.29 is 22.8 Å². The highest BCUT2D eigenvalue weighted by molar-refractivity contribution is 6.60. The molecule has 1 unspecified atom stereocenters. The number of hydrogen-bond acceptors (Lipinski definition) is 5. The summed E-state index contributed by atoms with van der Waals surface area (Å²) in [6, 6.07) is 0. The SMILES string of the molecule is CC.CC.CO[Si](COCC1CO1)(OC)OC. The first-order valence-electron chi connectivity index (χ1n) is 6.11. The molecule has 0 spiro atoms. The van der Waals surface area contributed by atoms with E-state index >= 15 is 0 Å². The molecule has 1 atom stereocenters. The monoisotopic (exact) mass is 268 g/mol. The van der Waals surface area contributed by atoms with Crippen molar-refractivity contribution in [3.05, 3.63) is 0 Å². The standard InChI is InChI=1S/C7H16O5Si.2C2H6/c1-8-13(9-2,10-3)6-11-4-7-5-12-7;2*1-2/h7H,4-6H2,1-3H3;2*1-2H3. The summed E-state index contributed by atoms with van der Waals surface area (Å²) in [5.74, 6) is 0. The van der Waals surface area contributed by atoms with Gasteiger partial charge in [-0.1, -0.05) is 27.7 Å². The van der Waals surface area contributed by atoms with Crippen LogP contribution in [0.1, 0.15) is 27.7 Å². The van der Waals surface area contributed by atoms with Gasteiger partial charge in [-0.15, -0.1) is 0 Å². The summed E-state index contributed by atoms with van der Waals surface area (Å²) in [4.78, 5) is 0. The van der Waals surface area contributed by atoms with Gasteiger partial charge in [-0.05, 0) is 0 Å². The average Bonchev–Trinajstić information content (AvgIpc) is 3.24. The molecule has 0 aliphatic carbocycles. The van der Waals surface area contributed by atoms with E-state index in [0.717, 1.165) is 6.61 Å². The fourth-order valence-corrected chi connectivity index (χ4v) is 2.13. The number of ether oxygens (including phenoxy) is 2. The Kier molecular flexibility index (Phi) is 14.2. The van der Waals surface area contributed by atoms with Crippen LogP contribution in [0.4, 0.5) is 0 Å². The molecule has 0 amide bonds. The third-order valence-corrected chi connectivity index (χ3v) is 4.34. The lowest BCUT2D eigenvalue weighted by molar-refractivity contribution is 0.0584. The molecule has 0 aromatic rings. The van der Waals surface area contributed by atoms with Crippen LogP contribution in [0, 0.1) is 0 Å². The second-order valence-corrected chi connectivity index (χ2v) is 5.65. The van der Waals surface area contributed by atoms with Crippen molar-refractivity contribution in [2.24, 2.45) is 0 Å². The van der Waals surface area contributed by atoms with Crippen molar-refractivity contribution in [3.63, 3.8) is 0 Å². The number of rotatable bonds is 7. The highest BCUT2D eigenvalue weighted by atomic mass is 28.4. The zero-order valence-electron chi connectivity index (χ0n) is 12.2. The van der Waals surface area contributed by atoms with E-state index in [1.807, 2.05) is 27.7 Å². The van der Waals surface area contributed by atoms with Crippen LogP contribution in [0.25, 0.3) is 0 Å². The van der Waals surface area contributed by atoms with Crippen molar-refractivity contribution in [1.82, 2.24) is 0 Å². The zero-order valence-corrected chi connectivity index (χ0v) is 13.2. The molecule has 0 bridgehead atoms. The average molecular weight is 268 g/mol. The van der Waals surface area contributed by atoms with Crippen LogP contribution in [0.2, 0.25) is 0 Å². The van der Waals surface area contributed by atoms with E-state index in [1.165, 1.54) is 0 Å². The zero-order chi connectivity index (χ0) is 13.7. The Hall–Kier alpha value is 0.0169. The Bertz CT molecular complexity index is 141. The topological polar surface area (TPSA) is 49.5 Å². The van der Waals surface area contributed by atoms with Crippen molar-refractivity contribution in [2.75, 3.05) is 40.8 Å². The first-order valence-corrected chi connectivity index (χ1v) is 8.04. The summed E-state index contributed by atoms with van der Waals surface area (Å²) in [5.41, 5.74) is 0. The van der Waals surface area contributed by atoms with E-state index in [0.29, 0.717) is 12.8 Å². The van der Waals surface area contributed by atoms with Gasteiger partial charge in [0, 0.05) is 21.3 Å². The van der Waals surface area contributed by atoms with Gasteiger partial charge in [-0.25, -0.2) is 0 Å². The highest BCUT2D eigenvalue weighted by Gasteiger charge is 2.39. The second kappa shape index (κ2) is 12.5. The normalized spacial score (nSPS) is 17.5. The number of hydrogen-bond donors (Lipinski definition) is 0. The number of epoxide rings is 1. The van der Waals surface area contributed by atoms with Crippen LogP contribution in [-0.2, 0) is 22.8 Å². The largest absolute Gasteiger partial charge is 0.527 e. The van der Waals surface area contributed by atoms with Gasteiger partial charge in [0.05, 0.1) is 13.2 Å². The Morgan fingerprint density at radius 3 is 1.71 bits per heavy atom. The van der Waals surface area contributed by atoms with Gasteiger partial charge in [0.25, 0.3) is 0 Å². The molecular formula is C11H28O5Si. The maximum absolute atomic E-state index is 5.36. The van der Waals surface area contributed by atoms with Crippen molar-refractivity contribution >= 4 is 8.80 Å². The summed E-state index contributed by atoms with van der Waals surface area (Å²) in [5, 5.41) is 0. The van der Waals surface area contributed by atoms with E-state index in [-0.39, 0.29) is 6.10 Å². The second-order valence-electron chi connectivity index (χ2n) is 2.77. The Morgan fingerprint density at radius 1 is 1.00 bits per heavy atom. The van der Waals surface area contributed by atoms with Crippen LogP contribution >= 0.6 is 0 Å². The first kappa shape index (κ1) is 19.4. The lowest BCUT2D eigenvalue weighted by Crippen LogP contribution is -2.48. The van der Waals surface area contributed by atoms with Gasteiger partial charge in [-0.2, -0.15) is 0 Å². The van der Waals surface area contributed by atoms with Gasteiger partial charge in [0.1, 0.15) is 12.3 Å². The smallest absolute Gasteiger partial charge is 0.375 e. The molecule has 1 aliphatic heterocycles. The van der Waals surface area contributed by atoms with Gasteiger partial charge >= 0.3 is 8.80 Å². The molecule has 17 heavy (non-hydrogen) atoms. The van der Waals surface area contributed by atoms with Crippen molar-refractivity contribution in [3.8, 4) is 0 Å². The van der Waals surface area contributed by atoms with Crippen molar-refractivity contribution in [2.45, 2.75) is 33.8 Å². The third-order valence-electron chi connectivity index (χ3n) is 1.92. The van der Waals surface area contributed by atoms with Crippen LogP contribution in [-0.4, -0.2) is 55.7 Å². The Morgan fingerprint density at radius 2 is 1.41 bits per heavy atom. The molecule has 1 saturated heterocycles. The van der Waals surface area contributed by atoms with Gasteiger partial charge < -0.3 is 22.8 Å². The van der Waals surface area contributed by atoms with E-state index in [2.05, 4.69) is 0 Å². The fraction of sp³-hybridized carbons (Fsp3) is 1.00. The molecule has 6 heteroatoms. The van der Waals surface area contributed by atoms with E-state index in [1.54, 1.807) is 21.3 Å². The summed E-state index contributed by atoms with van der Waals surface area (Å²) in [7, 11) is 2.16. The van der Waals surface area contributed by atoms with Crippen LogP contribution in [0.5, 0.6) is 0 Å². The quantitative estimate of drug-likeness (QED) is 0.521. The maximum atomic E-state index is 5.36. The molecule has 0 aromatic carbocycles. The molecular weight excluding hydrogens is 240 g/mol. The van der Waals surface area contributed by atoms with E-state index in [4.69, 9.17) is 22.8 Å². The van der Waals surface area contributed by atoms with Gasteiger partial charge in [-0.3, -0.25) is 0 Å². The molecule has 106 valence electrons. The lowest BCUT2D eigenvalue weighted by atomic mass is 10.5. The minimum atomic E-state index is -2.53.